The summed E-state index contributed by atoms with van der Waals surface area (Å²) >= 11 is 0. The number of ether oxygens (including phenoxy) is 2. The predicted molar refractivity (Wildman–Crippen MR) is 104 cm³/mol. The third kappa shape index (κ3) is 5.00. The number of anilines is 1. The van der Waals surface area contributed by atoms with Gasteiger partial charge < -0.3 is 24.5 Å². The maximum atomic E-state index is 12.1. The molecule has 2 aromatic heterocycles. The van der Waals surface area contributed by atoms with Crippen LogP contribution >= 0.6 is 0 Å². The second-order valence-electron chi connectivity index (χ2n) is 5.92. The molecule has 1 aromatic carbocycles. The van der Waals surface area contributed by atoms with Crippen LogP contribution in [-0.4, -0.2) is 36.6 Å². The van der Waals surface area contributed by atoms with Gasteiger partial charge in [0.05, 0.1) is 39.4 Å². The van der Waals surface area contributed by atoms with Gasteiger partial charge in [-0.2, -0.15) is 0 Å². The van der Waals surface area contributed by atoms with Crippen molar-refractivity contribution >= 4 is 11.7 Å². The first kappa shape index (κ1) is 19.2. The van der Waals surface area contributed by atoms with Crippen LogP contribution in [0.5, 0.6) is 11.5 Å². The molecule has 3 rings (SSSR count). The van der Waals surface area contributed by atoms with E-state index in [2.05, 4.69) is 20.6 Å². The summed E-state index contributed by atoms with van der Waals surface area (Å²) in [5, 5.41) is 5.92. The third-order valence-electron chi connectivity index (χ3n) is 4.06. The Morgan fingerprint density at radius 2 is 1.96 bits per heavy atom. The molecule has 0 saturated carbocycles. The molecule has 0 fully saturated rings. The topological polar surface area (TPSA) is 98.5 Å². The van der Waals surface area contributed by atoms with Crippen molar-refractivity contribution < 1.29 is 18.7 Å². The minimum atomic E-state index is -0.305. The molecule has 0 spiro atoms. The summed E-state index contributed by atoms with van der Waals surface area (Å²) in [6, 6.07) is 9.37. The molecule has 8 heteroatoms. The molecule has 2 N–H and O–H groups in total. The Hall–Kier alpha value is -3.55. The zero-order valence-electron chi connectivity index (χ0n) is 15.8. The van der Waals surface area contributed by atoms with Crippen molar-refractivity contribution in [2.45, 2.75) is 13.0 Å². The summed E-state index contributed by atoms with van der Waals surface area (Å²) in [6.45, 7) is 0.965. The van der Waals surface area contributed by atoms with Crippen molar-refractivity contribution in [1.29, 1.82) is 0 Å². The Balaban J connectivity index is 1.48. The standard InChI is InChI=1S/C20H22N4O4/c1-26-17-6-5-14(10-18(17)27-2)7-8-21-19-13-22-16(12-23-19)20(25)24-11-15-4-3-9-28-15/h3-6,9-10,12-13H,7-8,11H2,1-2H3,(H,21,23)(H,24,25). The number of carbonyl (C=O) groups excluding carboxylic acids is 1. The van der Waals surface area contributed by atoms with E-state index < -0.39 is 0 Å². The van der Waals surface area contributed by atoms with E-state index >= 15 is 0 Å². The van der Waals surface area contributed by atoms with Crippen LogP contribution in [-0.2, 0) is 13.0 Å². The van der Waals surface area contributed by atoms with Gasteiger partial charge in [0.2, 0.25) is 0 Å². The molecule has 0 radical (unpaired) electrons. The summed E-state index contributed by atoms with van der Waals surface area (Å²) in [5.41, 5.74) is 1.35. The fraction of sp³-hybridized carbons (Fsp3) is 0.250. The monoisotopic (exact) mass is 382 g/mol. The van der Waals surface area contributed by atoms with Gasteiger partial charge in [0.1, 0.15) is 17.3 Å². The van der Waals surface area contributed by atoms with E-state index in [1.807, 2.05) is 18.2 Å². The number of furan rings is 1. The molecule has 2 heterocycles. The van der Waals surface area contributed by atoms with Gasteiger partial charge in [-0.15, -0.1) is 0 Å². The average Bonchev–Trinajstić information content (AvgIpc) is 3.26. The molecule has 1 amide bonds. The van der Waals surface area contributed by atoms with Gasteiger partial charge in [-0.3, -0.25) is 4.79 Å². The molecule has 146 valence electrons. The van der Waals surface area contributed by atoms with Crippen molar-refractivity contribution in [2.75, 3.05) is 26.1 Å². The lowest BCUT2D eigenvalue weighted by Gasteiger charge is -2.10. The highest BCUT2D eigenvalue weighted by Gasteiger charge is 2.09. The smallest absolute Gasteiger partial charge is 0.271 e. The summed E-state index contributed by atoms with van der Waals surface area (Å²) in [7, 11) is 3.22. The Morgan fingerprint density at radius 3 is 2.64 bits per heavy atom. The van der Waals surface area contributed by atoms with Crippen LogP contribution in [0.4, 0.5) is 5.82 Å². The maximum absolute atomic E-state index is 12.1. The van der Waals surface area contributed by atoms with Crippen LogP contribution in [0.3, 0.4) is 0 Å². The quantitative estimate of drug-likeness (QED) is 0.587. The number of nitrogens with zero attached hydrogens (tertiary/aromatic N) is 2. The minimum Gasteiger partial charge on any atom is -0.493 e. The van der Waals surface area contributed by atoms with Crippen molar-refractivity contribution in [3.63, 3.8) is 0 Å². The second kappa shape index (κ2) is 9.40. The van der Waals surface area contributed by atoms with Crippen LogP contribution < -0.4 is 20.1 Å². The number of aromatic nitrogens is 2. The number of amides is 1. The number of nitrogens with one attached hydrogen (secondary N) is 2. The van der Waals surface area contributed by atoms with Gasteiger partial charge in [-0.25, -0.2) is 9.97 Å². The van der Waals surface area contributed by atoms with E-state index in [0.717, 1.165) is 12.0 Å². The van der Waals surface area contributed by atoms with E-state index in [9.17, 15) is 4.79 Å². The molecule has 0 aliphatic carbocycles. The van der Waals surface area contributed by atoms with Gasteiger partial charge in [-0.1, -0.05) is 6.07 Å². The first-order chi connectivity index (χ1) is 13.7. The molecule has 3 aromatic rings. The van der Waals surface area contributed by atoms with Crippen molar-refractivity contribution in [3.05, 3.63) is 66.0 Å². The SMILES string of the molecule is COc1ccc(CCNc2cnc(C(=O)NCc3ccco3)cn2)cc1OC. The second-order valence-corrected chi connectivity index (χ2v) is 5.92. The Labute approximate surface area is 162 Å². The summed E-state index contributed by atoms with van der Waals surface area (Å²) in [4.78, 5) is 20.4. The van der Waals surface area contributed by atoms with E-state index in [1.54, 1.807) is 32.6 Å². The van der Waals surface area contributed by atoms with E-state index in [-0.39, 0.29) is 11.6 Å². The average molecular weight is 382 g/mol. The Morgan fingerprint density at radius 1 is 1.11 bits per heavy atom. The van der Waals surface area contributed by atoms with Gasteiger partial charge in [-0.05, 0) is 36.2 Å². The van der Waals surface area contributed by atoms with Crippen LogP contribution in [0.25, 0.3) is 0 Å². The van der Waals surface area contributed by atoms with Crippen LogP contribution in [0.2, 0.25) is 0 Å². The van der Waals surface area contributed by atoms with Gasteiger partial charge in [0.25, 0.3) is 5.91 Å². The third-order valence-corrected chi connectivity index (χ3v) is 4.06. The number of benzene rings is 1. The fourth-order valence-electron chi connectivity index (χ4n) is 2.58. The lowest BCUT2D eigenvalue weighted by Crippen LogP contribution is -2.23. The van der Waals surface area contributed by atoms with Crippen molar-refractivity contribution in [2.24, 2.45) is 0 Å². The van der Waals surface area contributed by atoms with Crippen LogP contribution in [0.15, 0.2) is 53.4 Å². The first-order valence-electron chi connectivity index (χ1n) is 8.77. The fourth-order valence-corrected chi connectivity index (χ4v) is 2.58. The zero-order valence-corrected chi connectivity index (χ0v) is 15.8. The lowest BCUT2D eigenvalue weighted by atomic mass is 10.1. The molecule has 8 nitrogen and oxygen atoms in total. The first-order valence-corrected chi connectivity index (χ1v) is 8.77. The number of hydrogen-bond acceptors (Lipinski definition) is 7. The highest BCUT2D eigenvalue weighted by Crippen LogP contribution is 2.27. The zero-order chi connectivity index (χ0) is 19.8. The molecule has 0 saturated heterocycles. The molecule has 28 heavy (non-hydrogen) atoms. The molecule has 0 atom stereocenters. The van der Waals surface area contributed by atoms with E-state index in [4.69, 9.17) is 13.9 Å². The Kier molecular flexibility index (Phi) is 6.46. The van der Waals surface area contributed by atoms with Crippen LogP contribution in [0.1, 0.15) is 21.8 Å². The number of hydrogen-bond donors (Lipinski definition) is 2. The molecule has 0 unspecified atom stereocenters. The largest absolute Gasteiger partial charge is 0.493 e. The summed E-state index contributed by atoms with van der Waals surface area (Å²) in [5.74, 6) is 2.37. The van der Waals surface area contributed by atoms with E-state index in [0.29, 0.717) is 36.2 Å². The molecule has 0 aliphatic rings. The summed E-state index contributed by atoms with van der Waals surface area (Å²) in [6.07, 6.45) is 5.31. The number of rotatable bonds is 9. The Bertz CT molecular complexity index is 895. The summed E-state index contributed by atoms with van der Waals surface area (Å²) < 4.78 is 15.7. The van der Waals surface area contributed by atoms with Gasteiger partial charge in [0, 0.05) is 6.54 Å². The highest BCUT2D eigenvalue weighted by atomic mass is 16.5. The van der Waals surface area contributed by atoms with Gasteiger partial charge in [0.15, 0.2) is 11.5 Å². The number of carbonyl (C=O) groups is 1. The normalized spacial score (nSPS) is 10.4. The van der Waals surface area contributed by atoms with Gasteiger partial charge >= 0.3 is 0 Å². The molecular weight excluding hydrogens is 360 g/mol. The van der Waals surface area contributed by atoms with Crippen molar-refractivity contribution in [3.8, 4) is 11.5 Å². The van der Waals surface area contributed by atoms with Crippen LogP contribution in [0, 0.1) is 0 Å². The highest BCUT2D eigenvalue weighted by molar-refractivity contribution is 5.91. The van der Waals surface area contributed by atoms with Crippen molar-refractivity contribution in [1.82, 2.24) is 15.3 Å². The molecule has 0 aliphatic heterocycles. The van der Waals surface area contributed by atoms with E-state index in [1.165, 1.54) is 12.4 Å². The predicted octanol–water partition coefficient (Wildman–Crippen LogP) is 2.67. The molecule has 0 bridgehead atoms. The number of methoxy groups -OCH3 is 2. The lowest BCUT2D eigenvalue weighted by molar-refractivity contribution is 0.0942. The minimum absolute atomic E-state index is 0.247. The maximum Gasteiger partial charge on any atom is 0.271 e. The molecular formula is C20H22N4O4.